The maximum Gasteiger partial charge on any atom is 0.0625 e. The smallest absolute Gasteiger partial charge is 0.0625 e. The molecule has 2 unspecified atom stereocenters. The molecule has 0 saturated carbocycles. The van der Waals surface area contributed by atoms with E-state index in [0.717, 1.165) is 37.6 Å². The average Bonchev–Trinajstić information content (AvgIpc) is 2.95. The van der Waals surface area contributed by atoms with E-state index < -0.39 is 0 Å². The van der Waals surface area contributed by atoms with Crippen LogP contribution in [0.5, 0.6) is 0 Å². The molecule has 120 valence electrons. The zero-order valence-corrected chi connectivity index (χ0v) is 13.6. The van der Waals surface area contributed by atoms with Gasteiger partial charge in [0, 0.05) is 23.5 Å². The summed E-state index contributed by atoms with van der Waals surface area (Å²) in [6.07, 6.45) is 3.72. The number of piperidine rings is 1. The highest BCUT2D eigenvalue weighted by Crippen LogP contribution is 2.34. The van der Waals surface area contributed by atoms with Gasteiger partial charge < -0.3 is 15.9 Å². The first-order valence-electron chi connectivity index (χ1n) is 8.32. The van der Waals surface area contributed by atoms with Crippen LogP contribution in [0.1, 0.15) is 42.4 Å². The van der Waals surface area contributed by atoms with Gasteiger partial charge in [0.2, 0.25) is 0 Å². The van der Waals surface area contributed by atoms with Crippen molar-refractivity contribution in [2.75, 3.05) is 32.0 Å². The van der Waals surface area contributed by atoms with E-state index in [9.17, 15) is 0 Å². The summed E-state index contributed by atoms with van der Waals surface area (Å²) in [6, 6.07) is 4.75. The summed E-state index contributed by atoms with van der Waals surface area (Å²) in [5.74, 6) is 1.25. The topological polar surface area (TPSA) is 62.3 Å². The number of nitrogens with one attached hydrogen (secondary N) is 1. The number of nitrogens with zero attached hydrogens (tertiary/aromatic N) is 1. The highest BCUT2D eigenvalue weighted by atomic mass is 16.5. The van der Waals surface area contributed by atoms with Crippen molar-refractivity contribution in [3.05, 3.63) is 28.8 Å². The maximum absolute atomic E-state index is 7.41. The number of anilines is 1. The van der Waals surface area contributed by atoms with Crippen LogP contribution in [0.3, 0.4) is 0 Å². The van der Waals surface area contributed by atoms with Gasteiger partial charge >= 0.3 is 0 Å². The number of rotatable bonds is 3. The number of hydrogen-bond donors (Lipinski definition) is 2. The van der Waals surface area contributed by atoms with E-state index in [2.05, 4.69) is 30.9 Å². The zero-order valence-electron chi connectivity index (χ0n) is 13.6. The van der Waals surface area contributed by atoms with Crippen molar-refractivity contribution in [3.63, 3.8) is 0 Å². The van der Waals surface area contributed by atoms with Crippen molar-refractivity contribution in [1.82, 2.24) is 4.90 Å². The van der Waals surface area contributed by atoms with Crippen LogP contribution in [0.4, 0.5) is 5.69 Å². The lowest BCUT2D eigenvalue weighted by Crippen LogP contribution is -2.44. The predicted octanol–water partition coefficient (Wildman–Crippen LogP) is 2.79. The number of nitrogens with two attached hydrogens (primary N) is 1. The van der Waals surface area contributed by atoms with Gasteiger partial charge in [-0.1, -0.05) is 6.92 Å². The van der Waals surface area contributed by atoms with Crippen LogP contribution >= 0.6 is 0 Å². The molecular formula is C18H27N3O. The van der Waals surface area contributed by atoms with Crippen molar-refractivity contribution >= 4 is 11.9 Å². The number of aryl methyl sites for hydroxylation is 1. The van der Waals surface area contributed by atoms with E-state index in [4.69, 9.17) is 15.9 Å². The van der Waals surface area contributed by atoms with Crippen LogP contribution in [0.2, 0.25) is 0 Å². The van der Waals surface area contributed by atoms with Gasteiger partial charge in [-0.15, -0.1) is 0 Å². The lowest BCUT2D eigenvalue weighted by Gasteiger charge is -2.37. The Bertz CT molecular complexity index is 550. The Morgan fingerprint density at radius 2 is 2.00 bits per heavy atom. The Labute approximate surface area is 133 Å². The van der Waals surface area contributed by atoms with Crippen molar-refractivity contribution < 1.29 is 4.74 Å². The second-order valence-corrected chi connectivity index (χ2v) is 6.87. The first-order chi connectivity index (χ1) is 10.6. The number of ether oxygens (including phenoxy) is 1. The maximum atomic E-state index is 7.41. The highest BCUT2D eigenvalue weighted by molar-refractivity contribution is 5.85. The van der Waals surface area contributed by atoms with Crippen LogP contribution in [0, 0.1) is 18.3 Å². The van der Waals surface area contributed by atoms with E-state index in [1.165, 1.54) is 30.2 Å². The Balaban J connectivity index is 1.69. The molecule has 4 heteroatoms. The summed E-state index contributed by atoms with van der Waals surface area (Å²) >= 11 is 0. The molecule has 3 N–H and O–H groups in total. The van der Waals surface area contributed by atoms with Crippen LogP contribution in [-0.4, -0.2) is 43.5 Å². The third-order valence-electron chi connectivity index (χ3n) is 5.39. The molecule has 2 heterocycles. The minimum Gasteiger partial charge on any atom is -0.398 e. The number of benzene rings is 1. The van der Waals surface area contributed by atoms with Gasteiger partial charge in [0.1, 0.15) is 0 Å². The van der Waals surface area contributed by atoms with Crippen molar-refractivity contribution in [3.8, 4) is 0 Å². The SMILES string of the molecule is Cc1cc(C=N)c(N)cc1C1CCN(C2COCC2C)CC1. The minimum absolute atomic E-state index is 0.593. The monoisotopic (exact) mass is 301 g/mol. The lowest BCUT2D eigenvalue weighted by atomic mass is 9.85. The molecular weight excluding hydrogens is 274 g/mol. The van der Waals surface area contributed by atoms with E-state index in [0.29, 0.717) is 17.9 Å². The fourth-order valence-corrected chi connectivity index (χ4v) is 3.99. The third kappa shape index (κ3) is 2.90. The molecule has 0 aliphatic carbocycles. The first kappa shape index (κ1) is 15.5. The summed E-state index contributed by atoms with van der Waals surface area (Å²) < 4.78 is 5.62. The Hall–Kier alpha value is -1.39. The molecule has 22 heavy (non-hydrogen) atoms. The quantitative estimate of drug-likeness (QED) is 0.666. The van der Waals surface area contributed by atoms with Gasteiger partial charge in [-0.25, -0.2) is 0 Å². The molecule has 1 aromatic carbocycles. The van der Waals surface area contributed by atoms with Gasteiger partial charge in [0.15, 0.2) is 0 Å². The molecule has 0 spiro atoms. The Morgan fingerprint density at radius 1 is 1.27 bits per heavy atom. The average molecular weight is 301 g/mol. The lowest BCUT2D eigenvalue weighted by molar-refractivity contribution is 0.116. The van der Waals surface area contributed by atoms with Crippen molar-refractivity contribution in [2.24, 2.45) is 5.92 Å². The van der Waals surface area contributed by atoms with Gasteiger partial charge in [-0.05, 0) is 68.0 Å². The molecule has 2 atom stereocenters. The van der Waals surface area contributed by atoms with Crippen LogP contribution in [0.25, 0.3) is 0 Å². The summed E-state index contributed by atoms with van der Waals surface area (Å²) in [7, 11) is 0. The van der Waals surface area contributed by atoms with E-state index in [-0.39, 0.29) is 0 Å². The third-order valence-corrected chi connectivity index (χ3v) is 5.39. The zero-order chi connectivity index (χ0) is 15.7. The number of hydrogen-bond acceptors (Lipinski definition) is 4. The fraction of sp³-hybridized carbons (Fsp3) is 0.611. The van der Waals surface area contributed by atoms with Crippen molar-refractivity contribution in [1.29, 1.82) is 5.41 Å². The summed E-state index contributed by atoms with van der Waals surface area (Å²) in [4.78, 5) is 2.61. The van der Waals surface area contributed by atoms with Crippen LogP contribution in [-0.2, 0) is 4.74 Å². The van der Waals surface area contributed by atoms with Crippen molar-refractivity contribution in [2.45, 2.75) is 38.6 Å². The second kappa shape index (κ2) is 6.39. The van der Waals surface area contributed by atoms with E-state index in [1.807, 2.05) is 0 Å². The van der Waals surface area contributed by atoms with E-state index >= 15 is 0 Å². The Kier molecular flexibility index (Phi) is 4.50. The number of nitrogen functional groups attached to an aromatic ring is 1. The molecule has 2 aliphatic rings. The standard InChI is InChI=1S/C18H27N3O/c1-12-7-15(9-19)17(20)8-16(12)14-3-5-21(6-4-14)18-11-22-10-13(18)2/h7-9,13-14,18-19H,3-6,10-11,20H2,1-2H3. The molecule has 0 radical (unpaired) electrons. The molecule has 0 bridgehead atoms. The molecule has 3 rings (SSSR count). The summed E-state index contributed by atoms with van der Waals surface area (Å²) in [6.45, 7) is 8.53. The molecule has 2 fully saturated rings. The van der Waals surface area contributed by atoms with E-state index in [1.54, 1.807) is 0 Å². The highest BCUT2D eigenvalue weighted by Gasteiger charge is 2.33. The molecule has 0 aromatic heterocycles. The summed E-state index contributed by atoms with van der Waals surface area (Å²) in [5, 5.41) is 7.41. The van der Waals surface area contributed by atoms with Crippen LogP contribution < -0.4 is 5.73 Å². The fourth-order valence-electron chi connectivity index (χ4n) is 3.99. The Morgan fingerprint density at radius 3 is 2.59 bits per heavy atom. The predicted molar refractivity (Wildman–Crippen MR) is 90.8 cm³/mol. The van der Waals surface area contributed by atoms with Gasteiger partial charge in [-0.3, -0.25) is 4.90 Å². The normalized spacial score (nSPS) is 27.2. The first-order valence-corrected chi connectivity index (χ1v) is 8.32. The van der Waals surface area contributed by atoms with Gasteiger partial charge in [0.05, 0.1) is 13.2 Å². The molecule has 4 nitrogen and oxygen atoms in total. The van der Waals surface area contributed by atoms with Gasteiger partial charge in [0.25, 0.3) is 0 Å². The molecule has 2 saturated heterocycles. The largest absolute Gasteiger partial charge is 0.398 e. The van der Waals surface area contributed by atoms with Gasteiger partial charge in [-0.2, -0.15) is 0 Å². The molecule has 1 aromatic rings. The number of likely N-dealkylation sites (tertiary alicyclic amines) is 1. The minimum atomic E-state index is 0.593. The molecule has 2 aliphatic heterocycles. The molecule has 0 amide bonds. The second-order valence-electron chi connectivity index (χ2n) is 6.87. The van der Waals surface area contributed by atoms with Crippen LogP contribution in [0.15, 0.2) is 12.1 Å². The summed E-state index contributed by atoms with van der Waals surface area (Å²) in [5.41, 5.74) is 10.3.